The Labute approximate surface area is 210 Å². The van der Waals surface area contributed by atoms with Gasteiger partial charge in [-0.2, -0.15) is 13.2 Å². The molecule has 1 atom stereocenters. The maximum Gasteiger partial charge on any atom is 0.434 e. The number of hydrogen-bond donors (Lipinski definition) is 0. The SMILES string of the molecule is COc1ccc([C@H]2C(C(=O)OC(C)C)=C(C(F)(F)F)N=C3SC=C(CC(=O)N4CCOCC4)N32)cc1. The zero-order valence-corrected chi connectivity index (χ0v) is 20.8. The van der Waals surface area contributed by atoms with Gasteiger partial charge in [0.2, 0.25) is 5.91 Å². The van der Waals surface area contributed by atoms with Crippen molar-refractivity contribution >= 4 is 28.8 Å². The van der Waals surface area contributed by atoms with Crippen molar-refractivity contribution in [1.29, 1.82) is 0 Å². The highest BCUT2D eigenvalue weighted by Gasteiger charge is 2.49. The van der Waals surface area contributed by atoms with Crippen LogP contribution in [0.15, 0.2) is 51.6 Å². The van der Waals surface area contributed by atoms with Crippen molar-refractivity contribution < 1.29 is 37.0 Å². The maximum atomic E-state index is 14.2. The first kappa shape index (κ1) is 26.1. The predicted octanol–water partition coefficient (Wildman–Crippen LogP) is 4.01. The van der Waals surface area contributed by atoms with Gasteiger partial charge in [0.25, 0.3) is 0 Å². The summed E-state index contributed by atoms with van der Waals surface area (Å²) in [5, 5.41) is 1.65. The zero-order chi connectivity index (χ0) is 26.0. The highest BCUT2D eigenvalue weighted by Crippen LogP contribution is 2.48. The fraction of sp³-hybridized carbons (Fsp3) is 0.458. The van der Waals surface area contributed by atoms with Gasteiger partial charge in [-0.3, -0.25) is 4.79 Å². The third-order valence-electron chi connectivity index (χ3n) is 5.77. The fourth-order valence-electron chi connectivity index (χ4n) is 4.14. The molecule has 1 saturated heterocycles. The number of aliphatic imine (C=N–C) groups is 1. The van der Waals surface area contributed by atoms with Gasteiger partial charge in [0.15, 0.2) is 10.9 Å². The molecule has 1 amide bonds. The summed E-state index contributed by atoms with van der Waals surface area (Å²) in [6, 6.07) is 5.18. The molecule has 3 aliphatic rings. The van der Waals surface area contributed by atoms with E-state index < -0.39 is 35.6 Å². The Balaban J connectivity index is 1.79. The first-order valence-corrected chi connectivity index (χ1v) is 12.2. The molecule has 0 unspecified atom stereocenters. The molecule has 36 heavy (non-hydrogen) atoms. The van der Waals surface area contributed by atoms with Gasteiger partial charge in [-0.05, 0) is 37.0 Å². The Hall–Kier alpha value is -2.99. The van der Waals surface area contributed by atoms with Crippen LogP contribution in [0, 0.1) is 0 Å². The number of allylic oxidation sites excluding steroid dienone is 1. The second-order valence-electron chi connectivity index (χ2n) is 8.55. The van der Waals surface area contributed by atoms with E-state index in [9.17, 15) is 22.8 Å². The molecule has 0 N–H and O–H groups in total. The first-order chi connectivity index (χ1) is 17.1. The van der Waals surface area contributed by atoms with Crippen LogP contribution in [0.5, 0.6) is 5.75 Å². The van der Waals surface area contributed by atoms with Gasteiger partial charge in [-0.1, -0.05) is 23.9 Å². The van der Waals surface area contributed by atoms with Gasteiger partial charge in [0, 0.05) is 18.8 Å². The second kappa shape index (κ2) is 10.6. The maximum absolute atomic E-state index is 14.2. The number of amidine groups is 1. The molecule has 0 spiro atoms. The third kappa shape index (κ3) is 5.39. The van der Waals surface area contributed by atoms with Crippen LogP contribution < -0.4 is 4.74 Å². The van der Waals surface area contributed by atoms with Gasteiger partial charge >= 0.3 is 12.1 Å². The molecular weight excluding hydrogens is 499 g/mol. The van der Waals surface area contributed by atoms with Crippen molar-refractivity contribution in [3.8, 4) is 5.75 Å². The number of fused-ring (bicyclic) bond motifs is 1. The number of carbonyl (C=O) groups is 2. The molecule has 12 heteroatoms. The first-order valence-electron chi connectivity index (χ1n) is 11.4. The largest absolute Gasteiger partial charge is 0.497 e. The molecule has 0 aliphatic carbocycles. The minimum absolute atomic E-state index is 0.0361. The van der Waals surface area contributed by atoms with Crippen LogP contribution in [0.2, 0.25) is 0 Å². The van der Waals surface area contributed by atoms with Gasteiger partial charge in [-0.25, -0.2) is 9.79 Å². The molecule has 0 saturated carbocycles. The Kier molecular flexibility index (Phi) is 7.65. The lowest BCUT2D eigenvalue weighted by atomic mass is 9.93. The number of alkyl halides is 3. The number of nitrogens with zero attached hydrogens (tertiary/aromatic N) is 3. The van der Waals surface area contributed by atoms with Crippen LogP contribution in [0.25, 0.3) is 0 Å². The lowest BCUT2D eigenvalue weighted by molar-refractivity contribution is -0.144. The van der Waals surface area contributed by atoms with Crippen LogP contribution in [-0.4, -0.2) is 72.5 Å². The second-order valence-corrected chi connectivity index (χ2v) is 9.39. The van der Waals surface area contributed by atoms with E-state index in [1.54, 1.807) is 48.4 Å². The average molecular weight is 526 g/mol. The van der Waals surface area contributed by atoms with Gasteiger partial charge in [0.1, 0.15) is 5.75 Å². The summed E-state index contributed by atoms with van der Waals surface area (Å²) in [6.45, 7) is 4.84. The Morgan fingerprint density at radius 3 is 2.44 bits per heavy atom. The van der Waals surface area contributed by atoms with Crippen LogP contribution in [0.1, 0.15) is 31.9 Å². The van der Waals surface area contributed by atoms with Crippen molar-refractivity contribution in [1.82, 2.24) is 9.80 Å². The monoisotopic (exact) mass is 525 g/mol. The summed E-state index contributed by atoms with van der Waals surface area (Å²) in [6.07, 6.45) is -5.61. The topological polar surface area (TPSA) is 80.7 Å². The fourth-order valence-corrected chi connectivity index (χ4v) is 5.06. The number of methoxy groups -OCH3 is 1. The molecule has 4 rings (SSSR count). The summed E-state index contributed by atoms with van der Waals surface area (Å²) >= 11 is 0.984. The van der Waals surface area contributed by atoms with Gasteiger partial charge < -0.3 is 24.0 Å². The molecule has 3 aliphatic heterocycles. The normalized spacial score (nSPS) is 20.2. The van der Waals surface area contributed by atoms with E-state index in [1.165, 1.54) is 12.0 Å². The number of amides is 1. The van der Waals surface area contributed by atoms with Crippen molar-refractivity contribution in [2.45, 2.75) is 38.6 Å². The summed E-state index contributed by atoms with van der Waals surface area (Å²) in [4.78, 5) is 33.1. The molecule has 3 heterocycles. The van der Waals surface area contributed by atoms with Crippen molar-refractivity contribution in [3.63, 3.8) is 0 Å². The molecule has 194 valence electrons. The van der Waals surface area contributed by atoms with Crippen LogP contribution in [0.3, 0.4) is 0 Å². The summed E-state index contributed by atoms with van der Waals surface area (Å²) in [5.74, 6) is -0.794. The number of carbonyl (C=O) groups excluding carboxylic acids is 2. The summed E-state index contributed by atoms with van der Waals surface area (Å²) < 4.78 is 58.3. The predicted molar refractivity (Wildman–Crippen MR) is 127 cm³/mol. The average Bonchev–Trinajstić information content (AvgIpc) is 3.25. The summed E-state index contributed by atoms with van der Waals surface area (Å²) in [7, 11) is 1.47. The minimum Gasteiger partial charge on any atom is -0.497 e. The number of hydrogen-bond acceptors (Lipinski definition) is 8. The van der Waals surface area contributed by atoms with E-state index >= 15 is 0 Å². The van der Waals surface area contributed by atoms with Crippen molar-refractivity contribution in [2.24, 2.45) is 4.99 Å². The molecular formula is C24H26F3N3O5S. The van der Waals surface area contributed by atoms with Crippen molar-refractivity contribution in [3.05, 3.63) is 52.2 Å². The molecule has 1 aromatic rings. The number of esters is 1. The van der Waals surface area contributed by atoms with E-state index in [0.717, 1.165) is 11.8 Å². The number of benzene rings is 1. The quantitative estimate of drug-likeness (QED) is 0.519. The Morgan fingerprint density at radius 2 is 1.86 bits per heavy atom. The molecule has 0 aromatic heterocycles. The molecule has 0 bridgehead atoms. The van der Waals surface area contributed by atoms with E-state index in [1.807, 2.05) is 0 Å². The lowest BCUT2D eigenvalue weighted by Gasteiger charge is -2.37. The number of thioether (sulfide) groups is 1. The molecule has 8 nitrogen and oxygen atoms in total. The smallest absolute Gasteiger partial charge is 0.434 e. The van der Waals surface area contributed by atoms with Crippen LogP contribution in [-0.2, 0) is 19.1 Å². The number of morpholine rings is 1. The van der Waals surface area contributed by atoms with E-state index in [4.69, 9.17) is 14.2 Å². The van der Waals surface area contributed by atoms with E-state index in [0.29, 0.717) is 43.3 Å². The molecule has 1 aromatic carbocycles. The van der Waals surface area contributed by atoms with Gasteiger partial charge in [0.05, 0.1) is 44.5 Å². The van der Waals surface area contributed by atoms with Crippen molar-refractivity contribution in [2.75, 3.05) is 33.4 Å². The minimum atomic E-state index is -4.90. The highest BCUT2D eigenvalue weighted by atomic mass is 32.2. The Bertz CT molecular complexity index is 1110. The standard InChI is InChI=1S/C24H26F3N3O5S/c1-14(2)35-22(32)19-20(15-4-6-17(33-3)7-5-15)30-16(12-18(31)29-8-10-34-11-9-29)13-36-23(30)28-21(19)24(25,26)27/h4-7,13-14,20H,8-12H2,1-3H3/t20-/m0/s1. The lowest BCUT2D eigenvalue weighted by Crippen LogP contribution is -2.43. The third-order valence-corrected chi connectivity index (χ3v) is 6.66. The highest BCUT2D eigenvalue weighted by molar-refractivity contribution is 8.16. The van der Waals surface area contributed by atoms with E-state index in [2.05, 4.69) is 4.99 Å². The van der Waals surface area contributed by atoms with Gasteiger partial charge in [-0.15, -0.1) is 0 Å². The van der Waals surface area contributed by atoms with Crippen LogP contribution >= 0.6 is 11.8 Å². The number of rotatable bonds is 6. The molecule has 0 radical (unpaired) electrons. The van der Waals surface area contributed by atoms with E-state index in [-0.39, 0.29) is 17.5 Å². The molecule has 1 fully saturated rings. The summed E-state index contributed by atoms with van der Waals surface area (Å²) in [5.41, 5.74) is -1.08. The van der Waals surface area contributed by atoms with Crippen LogP contribution in [0.4, 0.5) is 13.2 Å². The zero-order valence-electron chi connectivity index (χ0n) is 20.0. The Morgan fingerprint density at radius 1 is 1.19 bits per heavy atom. The number of halogens is 3. The number of ether oxygens (including phenoxy) is 3.